The summed E-state index contributed by atoms with van der Waals surface area (Å²) >= 11 is 0. The summed E-state index contributed by atoms with van der Waals surface area (Å²) in [6.45, 7) is 2.89. The molecule has 1 aliphatic heterocycles. The van der Waals surface area contributed by atoms with E-state index in [1.807, 2.05) is 0 Å². The molecule has 2 aliphatic rings. The maximum absolute atomic E-state index is 12.8. The second-order valence-electron chi connectivity index (χ2n) is 7.15. The highest BCUT2D eigenvalue weighted by Gasteiger charge is 2.29. The molecule has 9 nitrogen and oxygen atoms in total. The highest BCUT2D eigenvalue weighted by Crippen LogP contribution is 2.32. The Morgan fingerprint density at radius 3 is 2.63 bits per heavy atom. The molecule has 1 amide bonds. The van der Waals surface area contributed by atoms with Gasteiger partial charge >= 0.3 is 0 Å². The summed E-state index contributed by atoms with van der Waals surface area (Å²) in [6, 6.07) is 4.98. The van der Waals surface area contributed by atoms with Crippen LogP contribution in [0.4, 0.5) is 11.4 Å². The minimum absolute atomic E-state index is 0.0519. The highest BCUT2D eigenvalue weighted by atomic mass is 16.6. The zero-order chi connectivity index (χ0) is 19.0. The molecule has 1 N–H and O–H groups in total. The Morgan fingerprint density at radius 2 is 2.04 bits per heavy atom. The van der Waals surface area contributed by atoms with Crippen molar-refractivity contribution in [2.75, 3.05) is 18.4 Å². The van der Waals surface area contributed by atoms with Gasteiger partial charge in [0.25, 0.3) is 11.6 Å². The predicted octanol–water partition coefficient (Wildman–Crippen LogP) is 2.88. The molecule has 0 bridgehead atoms. The number of benzene rings is 1. The molecule has 2 fully saturated rings. The number of hydrogen-bond donors (Lipinski definition) is 1. The van der Waals surface area contributed by atoms with Gasteiger partial charge in [-0.25, -0.2) is 0 Å². The van der Waals surface area contributed by atoms with Crippen LogP contribution in [0.5, 0.6) is 0 Å². The number of anilines is 1. The number of piperidine rings is 1. The third kappa shape index (κ3) is 3.76. The van der Waals surface area contributed by atoms with E-state index in [-0.39, 0.29) is 17.5 Å². The summed E-state index contributed by atoms with van der Waals surface area (Å²) < 4.78 is 5.23. The molecule has 1 aliphatic carbocycles. The number of nitro groups is 1. The van der Waals surface area contributed by atoms with Gasteiger partial charge < -0.3 is 14.7 Å². The minimum Gasteiger partial charge on any atom is -0.377 e. The number of likely N-dealkylation sites (tertiary alicyclic amines) is 1. The second-order valence-corrected chi connectivity index (χ2v) is 7.15. The number of aromatic nitrogens is 2. The van der Waals surface area contributed by atoms with E-state index >= 15 is 0 Å². The van der Waals surface area contributed by atoms with Crippen LogP contribution in [0.2, 0.25) is 0 Å². The van der Waals surface area contributed by atoms with Crippen molar-refractivity contribution >= 4 is 17.3 Å². The van der Waals surface area contributed by atoms with Gasteiger partial charge in [0.15, 0.2) is 5.82 Å². The van der Waals surface area contributed by atoms with E-state index in [9.17, 15) is 14.9 Å². The minimum atomic E-state index is -0.439. The van der Waals surface area contributed by atoms with Gasteiger partial charge in [0.1, 0.15) is 5.69 Å². The maximum Gasteiger partial charge on any atom is 0.293 e. The Kier molecular flexibility index (Phi) is 4.51. The second kappa shape index (κ2) is 6.98. The lowest BCUT2D eigenvalue weighted by Gasteiger charge is -2.30. The summed E-state index contributed by atoms with van der Waals surface area (Å²) in [5, 5.41) is 18.4. The zero-order valence-corrected chi connectivity index (χ0v) is 15.1. The topological polar surface area (TPSA) is 114 Å². The predicted molar refractivity (Wildman–Crippen MR) is 96.7 cm³/mol. The number of carbonyl (C=O) groups is 1. The zero-order valence-electron chi connectivity index (χ0n) is 15.1. The Hall–Kier alpha value is -2.97. The molecule has 27 heavy (non-hydrogen) atoms. The molecule has 1 aromatic carbocycles. The molecule has 2 heterocycles. The van der Waals surface area contributed by atoms with Gasteiger partial charge in [0, 0.05) is 36.7 Å². The van der Waals surface area contributed by atoms with Crippen molar-refractivity contribution in [3.05, 3.63) is 45.6 Å². The summed E-state index contributed by atoms with van der Waals surface area (Å²) in [6.07, 6.45) is 3.51. The smallest absolute Gasteiger partial charge is 0.293 e. The van der Waals surface area contributed by atoms with Crippen LogP contribution in [0.1, 0.15) is 53.7 Å². The Bertz CT molecular complexity index is 868. The number of amides is 1. The molecule has 4 rings (SSSR count). The molecular formula is C18H21N5O4. The van der Waals surface area contributed by atoms with Crippen LogP contribution < -0.4 is 5.32 Å². The van der Waals surface area contributed by atoms with E-state index in [4.69, 9.17) is 4.52 Å². The Morgan fingerprint density at radius 1 is 1.30 bits per heavy atom. The normalized spacial score (nSPS) is 17.7. The van der Waals surface area contributed by atoms with Crippen LogP contribution in [-0.2, 0) is 0 Å². The quantitative estimate of drug-likeness (QED) is 0.635. The fraction of sp³-hybridized carbons (Fsp3) is 0.500. The summed E-state index contributed by atoms with van der Waals surface area (Å²) in [5.74, 6) is 1.19. The van der Waals surface area contributed by atoms with Gasteiger partial charge in [0.2, 0.25) is 5.89 Å². The first kappa shape index (κ1) is 17.4. The number of nitro benzene ring substituents is 1. The third-order valence-corrected chi connectivity index (χ3v) is 5.05. The summed E-state index contributed by atoms with van der Waals surface area (Å²) in [7, 11) is 0. The number of nitrogens with zero attached hydrogens (tertiary/aromatic N) is 4. The lowest BCUT2D eigenvalue weighted by molar-refractivity contribution is -0.384. The number of rotatable bonds is 5. The molecule has 142 valence electrons. The van der Waals surface area contributed by atoms with E-state index in [0.29, 0.717) is 42.1 Å². The van der Waals surface area contributed by atoms with Crippen LogP contribution in [0, 0.1) is 17.0 Å². The molecule has 1 saturated heterocycles. The van der Waals surface area contributed by atoms with Gasteiger partial charge in [-0.1, -0.05) is 5.16 Å². The first-order valence-corrected chi connectivity index (χ1v) is 9.15. The first-order chi connectivity index (χ1) is 13.0. The average molecular weight is 371 g/mol. The number of nitrogens with one attached hydrogen (secondary N) is 1. The Balaban J connectivity index is 1.45. The van der Waals surface area contributed by atoms with Crippen molar-refractivity contribution < 1.29 is 14.2 Å². The lowest BCUT2D eigenvalue weighted by Crippen LogP contribution is -2.38. The standard InChI is InChI=1S/C18H21N5O4/c1-11-19-17(27-21-11)12-6-8-22(9-7-12)18(24)13-2-5-15(20-14-3-4-14)16(10-13)23(25)26/h2,5,10,12,14,20H,3-4,6-9H2,1H3. The number of aryl methyl sites for hydroxylation is 1. The molecule has 2 aromatic rings. The first-order valence-electron chi connectivity index (χ1n) is 9.15. The van der Waals surface area contributed by atoms with E-state index in [1.54, 1.807) is 24.0 Å². The van der Waals surface area contributed by atoms with E-state index < -0.39 is 4.92 Å². The van der Waals surface area contributed by atoms with Crippen LogP contribution in [-0.4, -0.2) is 45.0 Å². The van der Waals surface area contributed by atoms with Crippen molar-refractivity contribution in [2.24, 2.45) is 0 Å². The van der Waals surface area contributed by atoms with Crippen molar-refractivity contribution in [3.8, 4) is 0 Å². The molecule has 1 aromatic heterocycles. The van der Waals surface area contributed by atoms with Crippen molar-refractivity contribution in [1.82, 2.24) is 15.0 Å². The lowest BCUT2D eigenvalue weighted by atomic mass is 9.96. The van der Waals surface area contributed by atoms with E-state index in [0.717, 1.165) is 25.7 Å². The fourth-order valence-corrected chi connectivity index (χ4v) is 3.38. The van der Waals surface area contributed by atoms with Crippen molar-refractivity contribution in [1.29, 1.82) is 0 Å². The SMILES string of the molecule is Cc1noc(C2CCN(C(=O)c3ccc(NC4CC4)c([N+](=O)[O-])c3)CC2)n1. The summed E-state index contributed by atoms with van der Waals surface area (Å²) in [5.41, 5.74) is 0.767. The van der Waals surface area contributed by atoms with Gasteiger partial charge in [0.05, 0.1) is 4.92 Å². The molecule has 0 radical (unpaired) electrons. The maximum atomic E-state index is 12.8. The molecule has 0 atom stereocenters. The van der Waals surface area contributed by atoms with Crippen molar-refractivity contribution in [2.45, 2.75) is 44.6 Å². The molecule has 9 heteroatoms. The van der Waals surface area contributed by atoms with Crippen LogP contribution >= 0.6 is 0 Å². The fourth-order valence-electron chi connectivity index (χ4n) is 3.38. The van der Waals surface area contributed by atoms with Gasteiger partial charge in [-0.3, -0.25) is 14.9 Å². The molecule has 0 unspecified atom stereocenters. The largest absolute Gasteiger partial charge is 0.377 e. The van der Waals surface area contributed by atoms with Crippen LogP contribution in [0.3, 0.4) is 0 Å². The van der Waals surface area contributed by atoms with Crippen molar-refractivity contribution in [3.63, 3.8) is 0 Å². The number of hydrogen-bond acceptors (Lipinski definition) is 7. The monoisotopic (exact) mass is 371 g/mol. The van der Waals surface area contributed by atoms with Gasteiger partial charge in [-0.2, -0.15) is 4.98 Å². The van der Waals surface area contributed by atoms with Gasteiger partial charge in [-0.05, 0) is 44.7 Å². The molecule has 1 saturated carbocycles. The van der Waals surface area contributed by atoms with E-state index in [1.165, 1.54) is 6.07 Å². The molecule has 0 spiro atoms. The molecular weight excluding hydrogens is 350 g/mol. The summed E-state index contributed by atoms with van der Waals surface area (Å²) in [4.78, 5) is 29.8. The van der Waals surface area contributed by atoms with Crippen LogP contribution in [0.15, 0.2) is 22.7 Å². The highest BCUT2D eigenvalue weighted by molar-refractivity contribution is 5.95. The van der Waals surface area contributed by atoms with E-state index in [2.05, 4.69) is 15.5 Å². The van der Waals surface area contributed by atoms with Gasteiger partial charge in [-0.15, -0.1) is 0 Å². The Labute approximate surface area is 155 Å². The van der Waals surface area contributed by atoms with Crippen LogP contribution in [0.25, 0.3) is 0 Å². The number of carbonyl (C=O) groups excluding carboxylic acids is 1. The average Bonchev–Trinajstić information content (AvgIpc) is 3.38. The third-order valence-electron chi connectivity index (χ3n) is 5.05.